The van der Waals surface area contributed by atoms with Crippen molar-refractivity contribution >= 4 is 68.7 Å². The Labute approximate surface area is 463 Å². The largest absolute Gasteiger partial charge is 0.494 e. The third kappa shape index (κ3) is 18.9. The molecule has 2 aliphatic rings. The van der Waals surface area contributed by atoms with E-state index >= 15 is 0 Å². The molecule has 0 unspecified atom stereocenters. The van der Waals surface area contributed by atoms with Crippen molar-refractivity contribution in [3.63, 3.8) is 0 Å². The number of anilines is 1. The average molecular weight is 1100 g/mol. The number of rotatable bonds is 29. The zero-order valence-electron chi connectivity index (χ0n) is 44.2. The Kier molecular flexibility index (Phi) is 23.0. The van der Waals surface area contributed by atoms with Crippen LogP contribution >= 0.6 is 11.3 Å². The highest BCUT2D eigenvalue weighted by Crippen LogP contribution is 2.35. The Morgan fingerprint density at radius 3 is 1.39 bits per heavy atom. The lowest BCUT2D eigenvalue weighted by Gasteiger charge is -2.26. The van der Waals surface area contributed by atoms with Crippen molar-refractivity contribution < 1.29 is 71.9 Å². The van der Waals surface area contributed by atoms with Crippen LogP contribution in [0.25, 0.3) is 10.2 Å². The molecule has 1 heterocycles. The van der Waals surface area contributed by atoms with Gasteiger partial charge in [0, 0.05) is 17.7 Å². The number of aromatic nitrogens is 1. The first-order valence-corrected chi connectivity index (χ1v) is 27.7. The summed E-state index contributed by atoms with van der Waals surface area (Å²) in [6.07, 6.45) is 13.7. The molecule has 0 bridgehead atoms. The fourth-order valence-corrected chi connectivity index (χ4v) is 9.82. The second-order valence-electron chi connectivity index (χ2n) is 19.2. The second kappa shape index (κ2) is 30.9. The van der Waals surface area contributed by atoms with Gasteiger partial charge < -0.3 is 37.9 Å². The lowest BCUT2D eigenvalue weighted by Crippen LogP contribution is -2.30. The molecule has 1 N–H and O–H groups in total. The molecule has 5 aromatic rings. The molecule has 1 aromatic heterocycles. The van der Waals surface area contributed by atoms with Gasteiger partial charge in [0.2, 0.25) is 5.13 Å². The lowest BCUT2D eigenvalue weighted by molar-refractivity contribution is -0.145. The molecule has 4 aromatic carbocycles. The maximum atomic E-state index is 13.7. The Bertz CT molecular complexity index is 2840. The summed E-state index contributed by atoms with van der Waals surface area (Å²) in [7, 11) is 0. The van der Waals surface area contributed by atoms with Gasteiger partial charge in [0.05, 0.1) is 66.5 Å². The number of carbonyl (C=O) groups excluding carboxylic acids is 6. The topological polar surface area (TPSA) is 225 Å². The maximum absolute atomic E-state index is 13.7. The first-order valence-electron chi connectivity index (χ1n) is 26.9. The molecule has 2 aliphatic carbocycles. The van der Waals surface area contributed by atoms with Crippen molar-refractivity contribution in [2.45, 2.75) is 103 Å². The first kappa shape index (κ1) is 58.8. The van der Waals surface area contributed by atoms with E-state index < -0.39 is 47.5 Å². The summed E-state index contributed by atoms with van der Waals surface area (Å²) in [6.45, 7) is 8.53. The molecular weight excluding hydrogens is 1030 g/mol. The zero-order chi connectivity index (χ0) is 55.8. The van der Waals surface area contributed by atoms with E-state index in [1.807, 2.05) is 24.3 Å². The van der Waals surface area contributed by atoms with Gasteiger partial charge in [-0.3, -0.25) is 24.4 Å². The molecule has 7 rings (SSSR count). The van der Waals surface area contributed by atoms with E-state index in [2.05, 4.69) is 23.2 Å². The number of ether oxygens (including phenoxy) is 8. The summed E-state index contributed by atoms with van der Waals surface area (Å²) in [5.74, 6) is -2.03. The number of hydrogen-bond acceptors (Lipinski definition) is 19. The predicted octanol–water partition coefficient (Wildman–Crippen LogP) is 11.5. The average Bonchev–Trinajstić information content (AvgIpc) is 3.94. The number of hydrazone groups is 1. The van der Waals surface area contributed by atoms with Gasteiger partial charge in [-0.05, 0) is 182 Å². The Hall–Kier alpha value is -7.90. The number of benzene rings is 4. The van der Waals surface area contributed by atoms with Gasteiger partial charge in [0.25, 0.3) is 0 Å². The predicted molar refractivity (Wildman–Crippen MR) is 294 cm³/mol. The van der Waals surface area contributed by atoms with Gasteiger partial charge >= 0.3 is 35.8 Å². The third-order valence-corrected chi connectivity index (χ3v) is 14.5. The fourth-order valence-electron chi connectivity index (χ4n) is 8.98. The van der Waals surface area contributed by atoms with Crippen molar-refractivity contribution in [1.29, 1.82) is 0 Å². The molecule has 0 amide bonds. The summed E-state index contributed by atoms with van der Waals surface area (Å²) in [4.78, 5) is 80.3. The van der Waals surface area contributed by atoms with E-state index in [1.54, 1.807) is 48.5 Å². The molecule has 0 radical (unpaired) electrons. The fraction of sp³-hybridized carbons (Fsp3) is 0.400. The summed E-state index contributed by atoms with van der Waals surface area (Å²) < 4.78 is 45.6. The van der Waals surface area contributed by atoms with Gasteiger partial charge in [-0.1, -0.05) is 36.6 Å². The van der Waals surface area contributed by atoms with Crippen LogP contribution in [0.4, 0.5) is 5.13 Å². The van der Waals surface area contributed by atoms with Crippen LogP contribution in [0.15, 0.2) is 121 Å². The van der Waals surface area contributed by atoms with Crippen molar-refractivity contribution in [1.82, 2.24) is 4.98 Å². The monoisotopic (exact) mass is 1100 g/mol. The Morgan fingerprint density at radius 1 is 0.532 bits per heavy atom. The number of unbranched alkanes of at least 4 members (excludes halogenated alkanes) is 6. The van der Waals surface area contributed by atoms with E-state index in [0.717, 1.165) is 68.2 Å². The number of hydrogen-bond donors (Lipinski definition) is 1. The SMILES string of the molecule is C=CC(=O)OCCCCCCOc1ccc(OC(=O)[C@H]2CC[C@H](C(=O)Oc3ccc(OC(=O)[C@H]4CC[C@H](C(=O)Oc5ccc(OCCCCCCOC(=O)C=C)cc5)CC4)c(/C=N/N(O)c4nc5ccccc5s4)c3)CC2)cc1. The maximum Gasteiger partial charge on any atom is 0.330 e. The minimum Gasteiger partial charge on any atom is -0.494 e. The molecule has 0 atom stereocenters. The molecule has 0 spiro atoms. The highest BCUT2D eigenvalue weighted by molar-refractivity contribution is 7.22. The van der Waals surface area contributed by atoms with Crippen LogP contribution < -0.4 is 33.6 Å². The summed E-state index contributed by atoms with van der Waals surface area (Å²) in [5, 5.41) is 15.9. The number of carbonyl (C=O) groups is 6. The minimum absolute atomic E-state index is 0.110. The number of fused-ring (bicyclic) bond motifs is 1. The van der Waals surface area contributed by atoms with Crippen molar-refractivity contribution in [3.05, 3.63) is 122 Å². The Balaban J connectivity index is 0.865. The summed E-state index contributed by atoms with van der Waals surface area (Å²) in [5.41, 5.74) is 0.910. The number of thiazole rings is 1. The van der Waals surface area contributed by atoms with Crippen LogP contribution in [-0.4, -0.2) is 78.6 Å². The van der Waals surface area contributed by atoms with Crippen LogP contribution in [-0.2, 0) is 38.2 Å². The quantitative estimate of drug-likeness (QED) is 0.0117. The van der Waals surface area contributed by atoms with Gasteiger partial charge in [-0.15, -0.1) is 5.17 Å². The van der Waals surface area contributed by atoms with Crippen molar-refractivity contribution in [3.8, 4) is 34.5 Å². The van der Waals surface area contributed by atoms with Crippen molar-refractivity contribution in [2.24, 2.45) is 28.8 Å². The molecule has 0 aliphatic heterocycles. The number of para-hydroxylation sites is 1. The van der Waals surface area contributed by atoms with E-state index in [4.69, 9.17) is 37.9 Å². The molecule has 418 valence electrons. The summed E-state index contributed by atoms with van der Waals surface area (Å²) >= 11 is 1.22. The minimum atomic E-state index is -0.510. The van der Waals surface area contributed by atoms with Gasteiger partial charge in [0.15, 0.2) is 0 Å². The Morgan fingerprint density at radius 2 is 0.937 bits per heavy atom. The van der Waals surface area contributed by atoms with Crippen LogP contribution in [0.1, 0.15) is 108 Å². The third-order valence-electron chi connectivity index (χ3n) is 13.5. The molecular formula is C60H67N3O15S. The molecule has 2 saturated carbocycles. The van der Waals surface area contributed by atoms with E-state index in [1.165, 1.54) is 35.8 Å². The first-order chi connectivity index (χ1) is 38.4. The van der Waals surface area contributed by atoms with E-state index in [9.17, 15) is 34.0 Å². The highest BCUT2D eigenvalue weighted by atomic mass is 32.1. The molecule has 19 heteroatoms. The van der Waals surface area contributed by atoms with Crippen LogP contribution in [0.3, 0.4) is 0 Å². The number of esters is 6. The molecule has 18 nitrogen and oxygen atoms in total. The zero-order valence-corrected chi connectivity index (χ0v) is 45.0. The normalized spacial score (nSPS) is 17.0. The summed E-state index contributed by atoms with van der Waals surface area (Å²) in [6, 6.07) is 25.6. The smallest absolute Gasteiger partial charge is 0.330 e. The van der Waals surface area contributed by atoms with Gasteiger partial charge in [-0.2, -0.15) is 5.10 Å². The lowest BCUT2D eigenvalue weighted by atomic mass is 9.82. The van der Waals surface area contributed by atoms with Crippen LogP contribution in [0.2, 0.25) is 0 Å². The molecule has 2 fully saturated rings. The van der Waals surface area contributed by atoms with Crippen LogP contribution in [0, 0.1) is 23.7 Å². The van der Waals surface area contributed by atoms with Crippen LogP contribution in [0.5, 0.6) is 34.5 Å². The van der Waals surface area contributed by atoms with Gasteiger partial charge in [0.1, 0.15) is 34.5 Å². The number of nitrogens with zero attached hydrogens (tertiary/aromatic N) is 3. The second-order valence-corrected chi connectivity index (χ2v) is 20.2. The van der Waals surface area contributed by atoms with Gasteiger partial charge in [-0.25, -0.2) is 14.6 Å². The highest BCUT2D eigenvalue weighted by Gasteiger charge is 2.34. The van der Waals surface area contributed by atoms with Crippen molar-refractivity contribution in [2.75, 3.05) is 31.6 Å². The molecule has 79 heavy (non-hydrogen) atoms. The van der Waals surface area contributed by atoms with E-state index in [-0.39, 0.29) is 34.1 Å². The standard InChI is InChI=1S/C60H67N3O15S/c1-3-54(64)73-37-13-7-5-11-35-71-46-25-29-48(30-26-46)75-56(66)41-17-19-43(20-18-41)58(68)77-50-33-34-52(45(39-50)40-61-63(70)60-62-51-15-9-10-16-53(51)79-60)78-59(69)44-23-21-42(22-24-44)57(67)76-49-31-27-47(28-32-49)72-36-12-6-8-14-38-74-55(65)4-2/h3-4,9-10,15-16,25-34,39-44,70H,1-2,5-8,11-14,17-24,35-38H2/b61-40+/t41-,42-,43-,44-. The molecule has 0 saturated heterocycles. The van der Waals surface area contributed by atoms with E-state index in [0.29, 0.717) is 111 Å².